The lowest BCUT2D eigenvalue weighted by Gasteiger charge is -2.37. The van der Waals surface area contributed by atoms with Gasteiger partial charge in [-0.25, -0.2) is 4.79 Å². The van der Waals surface area contributed by atoms with E-state index in [9.17, 15) is 25.2 Å². The van der Waals surface area contributed by atoms with Crippen LogP contribution in [0.3, 0.4) is 0 Å². The summed E-state index contributed by atoms with van der Waals surface area (Å²) in [5.41, 5.74) is 2.14. The fraction of sp³-hybridized carbons (Fsp3) is 0.667. The van der Waals surface area contributed by atoms with Gasteiger partial charge in [-0.15, -0.1) is 0 Å². The predicted molar refractivity (Wildman–Crippen MR) is 130 cm³/mol. The summed E-state index contributed by atoms with van der Waals surface area (Å²) in [6.45, 7) is 7.87. The molecular formula is C27H42O7. The number of cyclic esters (lactones) is 1. The lowest BCUT2D eigenvalue weighted by atomic mass is 9.70. The molecular weight excluding hydrogens is 436 g/mol. The van der Waals surface area contributed by atoms with Crippen molar-refractivity contribution in [3.63, 3.8) is 0 Å². The number of benzene rings is 1. The second-order valence-electron chi connectivity index (χ2n) is 10.0. The van der Waals surface area contributed by atoms with E-state index in [2.05, 4.69) is 13.8 Å². The quantitative estimate of drug-likeness (QED) is 0.367. The Hall–Kier alpha value is -1.77. The van der Waals surface area contributed by atoms with E-state index in [0.717, 1.165) is 23.1 Å². The largest absolute Gasteiger partial charge is 0.456 e. The summed E-state index contributed by atoms with van der Waals surface area (Å²) in [6, 6.07) is 7.67. The van der Waals surface area contributed by atoms with Gasteiger partial charge < -0.3 is 29.9 Å². The minimum atomic E-state index is -1.69. The van der Waals surface area contributed by atoms with Crippen LogP contribution in [0.5, 0.6) is 0 Å². The molecule has 1 heterocycles. The number of ether oxygens (including phenoxy) is 2. The molecule has 0 radical (unpaired) electrons. The van der Waals surface area contributed by atoms with Crippen LogP contribution in [0, 0.1) is 11.8 Å². The van der Waals surface area contributed by atoms with Gasteiger partial charge in [0.05, 0.1) is 12.2 Å². The Balaban J connectivity index is 2.50. The van der Waals surface area contributed by atoms with Gasteiger partial charge >= 0.3 is 5.97 Å². The zero-order valence-electron chi connectivity index (χ0n) is 21.1. The minimum Gasteiger partial charge on any atom is -0.456 e. The van der Waals surface area contributed by atoms with Crippen LogP contribution in [0.2, 0.25) is 0 Å². The molecule has 0 saturated carbocycles. The summed E-state index contributed by atoms with van der Waals surface area (Å²) in [5.74, 6) is -1.12. The molecule has 0 saturated heterocycles. The first-order valence-corrected chi connectivity index (χ1v) is 12.2. The number of esters is 1. The maximum absolute atomic E-state index is 12.8. The number of methoxy groups -OCH3 is 1. The third-order valence-electron chi connectivity index (χ3n) is 7.34. The molecule has 2 rings (SSSR count). The van der Waals surface area contributed by atoms with Crippen LogP contribution >= 0.6 is 0 Å². The van der Waals surface area contributed by atoms with E-state index < -0.39 is 29.7 Å². The number of carbonyl (C=O) groups excluding carboxylic acids is 1. The third kappa shape index (κ3) is 7.12. The molecule has 1 aliphatic heterocycles. The molecule has 0 unspecified atom stereocenters. The molecule has 0 spiro atoms. The zero-order valence-corrected chi connectivity index (χ0v) is 21.1. The fourth-order valence-electron chi connectivity index (χ4n) is 4.60. The van der Waals surface area contributed by atoms with E-state index in [4.69, 9.17) is 9.47 Å². The highest BCUT2D eigenvalue weighted by molar-refractivity contribution is 5.75. The van der Waals surface area contributed by atoms with E-state index in [1.54, 1.807) is 7.11 Å². The first kappa shape index (κ1) is 28.5. The highest BCUT2D eigenvalue weighted by Gasteiger charge is 2.36. The molecule has 1 aliphatic rings. The van der Waals surface area contributed by atoms with Crippen molar-refractivity contribution in [3.8, 4) is 0 Å². The highest BCUT2D eigenvalue weighted by Crippen LogP contribution is 2.36. The predicted octanol–water partition coefficient (Wildman–Crippen LogP) is 2.52. The molecule has 192 valence electrons. The van der Waals surface area contributed by atoms with Crippen LogP contribution in [0.25, 0.3) is 0 Å². The van der Waals surface area contributed by atoms with E-state index in [-0.39, 0.29) is 37.6 Å². The fourth-order valence-corrected chi connectivity index (χ4v) is 4.60. The maximum atomic E-state index is 12.8. The number of hydrogen-bond donors (Lipinski definition) is 4. The summed E-state index contributed by atoms with van der Waals surface area (Å²) < 4.78 is 11.5. The van der Waals surface area contributed by atoms with Crippen LogP contribution in [0.15, 0.2) is 35.9 Å². The van der Waals surface area contributed by atoms with E-state index >= 15 is 0 Å². The summed E-state index contributed by atoms with van der Waals surface area (Å²) in [7, 11) is 1.59. The van der Waals surface area contributed by atoms with Gasteiger partial charge in [-0.3, -0.25) is 0 Å². The first-order valence-electron chi connectivity index (χ1n) is 12.2. The number of aliphatic hydroxyl groups excluding tert-OH is 4. The normalized spacial score (nSPS) is 29.7. The van der Waals surface area contributed by atoms with Gasteiger partial charge in [0.15, 0.2) is 6.10 Å². The van der Waals surface area contributed by atoms with Crippen LogP contribution in [-0.2, 0) is 26.1 Å². The number of rotatable bonds is 6. The maximum Gasteiger partial charge on any atom is 0.338 e. The monoisotopic (exact) mass is 478 g/mol. The molecule has 0 fully saturated rings. The second-order valence-corrected chi connectivity index (χ2v) is 10.0. The summed E-state index contributed by atoms with van der Waals surface area (Å²) in [5, 5.41) is 41.0. The van der Waals surface area contributed by atoms with Gasteiger partial charge in [0, 0.05) is 39.1 Å². The molecule has 7 heteroatoms. The van der Waals surface area contributed by atoms with Gasteiger partial charge in [0.2, 0.25) is 0 Å². The number of fused-ring (bicyclic) bond motifs is 2. The Kier molecular flexibility index (Phi) is 10.7. The number of aliphatic hydroxyl groups is 4. The average Bonchev–Trinajstić information content (AvgIpc) is 2.82. The van der Waals surface area contributed by atoms with Gasteiger partial charge in [-0.1, -0.05) is 51.1 Å². The number of hydrogen-bond acceptors (Lipinski definition) is 7. The lowest BCUT2D eigenvalue weighted by molar-refractivity contribution is -0.165. The Morgan fingerprint density at radius 3 is 2.56 bits per heavy atom. The topological polar surface area (TPSA) is 116 Å². The molecule has 1 aromatic rings. The Morgan fingerprint density at radius 2 is 1.97 bits per heavy atom. The van der Waals surface area contributed by atoms with Crippen molar-refractivity contribution in [1.29, 1.82) is 0 Å². The van der Waals surface area contributed by atoms with Gasteiger partial charge in [0.25, 0.3) is 0 Å². The molecule has 6 atom stereocenters. The van der Waals surface area contributed by atoms with Crippen molar-refractivity contribution in [3.05, 3.63) is 47.0 Å². The van der Waals surface area contributed by atoms with Crippen LogP contribution < -0.4 is 0 Å². The van der Waals surface area contributed by atoms with Crippen LogP contribution in [0.4, 0.5) is 0 Å². The van der Waals surface area contributed by atoms with E-state index in [1.165, 1.54) is 0 Å². The second kappa shape index (κ2) is 12.8. The Bertz CT molecular complexity index is 815. The Labute approximate surface area is 203 Å². The van der Waals surface area contributed by atoms with Crippen molar-refractivity contribution in [2.45, 2.75) is 83.2 Å². The van der Waals surface area contributed by atoms with Crippen molar-refractivity contribution in [1.82, 2.24) is 0 Å². The molecule has 0 aliphatic carbocycles. The molecule has 4 N–H and O–H groups in total. The lowest BCUT2D eigenvalue weighted by Crippen LogP contribution is -2.41. The SMILES string of the molecule is CC[C@H](/C=C(/C)[C@@H]1C[C@@H](OC)C[C@H](CO)C(C)(C)c2cccc(c2)C[C@@H](O)[C@H](O)C(=O)O1)CO. The third-order valence-corrected chi connectivity index (χ3v) is 7.34. The molecule has 7 nitrogen and oxygen atoms in total. The summed E-state index contributed by atoms with van der Waals surface area (Å²) >= 11 is 0. The van der Waals surface area contributed by atoms with Gasteiger partial charge in [0.1, 0.15) is 6.10 Å². The molecule has 2 bridgehead atoms. The van der Waals surface area contributed by atoms with E-state index in [0.29, 0.717) is 12.8 Å². The standard InChI is InChI=1S/C27H42O7/c1-6-18(15-28)10-17(2)24-14-22(33-5)13-21(16-29)27(3,4)20-9-7-8-19(11-20)12-23(30)25(31)26(32)34-24/h7-11,18,21-25,28-31H,6,12-16H2,1-5H3/b17-10-/t18-,21-,22+,23-,24+,25+/m1/s1. The van der Waals surface area contributed by atoms with E-state index in [1.807, 2.05) is 44.2 Å². The Morgan fingerprint density at radius 1 is 1.26 bits per heavy atom. The molecule has 0 aromatic heterocycles. The van der Waals surface area contributed by atoms with Gasteiger partial charge in [-0.05, 0) is 47.8 Å². The molecule has 34 heavy (non-hydrogen) atoms. The molecule has 1 aromatic carbocycles. The minimum absolute atomic E-state index is 0.0257. The zero-order chi connectivity index (χ0) is 25.5. The van der Waals surface area contributed by atoms with Crippen LogP contribution in [-0.4, -0.2) is 71.1 Å². The van der Waals surface area contributed by atoms with Crippen molar-refractivity contribution in [2.24, 2.45) is 11.8 Å². The first-order chi connectivity index (χ1) is 16.1. The smallest absolute Gasteiger partial charge is 0.338 e. The average molecular weight is 479 g/mol. The summed E-state index contributed by atoms with van der Waals surface area (Å²) in [6.07, 6.45) is -0.505. The van der Waals surface area contributed by atoms with Crippen molar-refractivity contribution in [2.75, 3.05) is 20.3 Å². The molecule has 0 amide bonds. The number of carbonyl (C=O) groups is 1. The summed E-state index contributed by atoms with van der Waals surface area (Å²) in [4.78, 5) is 12.8. The van der Waals surface area contributed by atoms with Gasteiger partial charge in [-0.2, -0.15) is 0 Å². The van der Waals surface area contributed by atoms with Crippen LogP contribution in [0.1, 0.15) is 58.1 Å². The highest BCUT2D eigenvalue weighted by atomic mass is 16.6. The van der Waals surface area contributed by atoms with Crippen molar-refractivity contribution >= 4 is 5.97 Å². The van der Waals surface area contributed by atoms with Crippen molar-refractivity contribution < 1.29 is 34.7 Å².